The van der Waals surface area contributed by atoms with Crippen molar-refractivity contribution in [2.75, 3.05) is 26.2 Å². The highest BCUT2D eigenvalue weighted by molar-refractivity contribution is 7.13. The van der Waals surface area contributed by atoms with Gasteiger partial charge in [-0.3, -0.25) is 9.59 Å². The minimum Gasteiger partial charge on any atom is -0.368 e. The first-order valence-electron chi connectivity index (χ1n) is 8.15. The molecule has 1 N–H and O–H groups in total. The molecule has 1 saturated heterocycles. The van der Waals surface area contributed by atoms with Crippen LogP contribution in [0.4, 0.5) is 0 Å². The predicted octanol–water partition coefficient (Wildman–Crippen LogP) is 1.91. The summed E-state index contributed by atoms with van der Waals surface area (Å²) in [6.07, 6.45) is 2.32. The number of nitrogens with zero attached hydrogens (tertiary/aromatic N) is 2. The molecule has 0 aliphatic carbocycles. The SMILES string of the molecule is CCCN(CCNC(=O)c1nc(C)c(C)s1)C(=O)C1CCCO1. The topological polar surface area (TPSA) is 71.5 Å². The largest absolute Gasteiger partial charge is 0.368 e. The van der Waals surface area contributed by atoms with E-state index in [1.54, 1.807) is 4.90 Å². The number of thiazole rings is 1. The first-order chi connectivity index (χ1) is 11.0. The summed E-state index contributed by atoms with van der Waals surface area (Å²) < 4.78 is 5.47. The number of aromatic nitrogens is 1. The third-order valence-electron chi connectivity index (χ3n) is 3.90. The lowest BCUT2D eigenvalue weighted by atomic mass is 10.2. The summed E-state index contributed by atoms with van der Waals surface area (Å²) in [5.41, 5.74) is 0.890. The summed E-state index contributed by atoms with van der Waals surface area (Å²) in [5.74, 6) is -0.133. The zero-order valence-electron chi connectivity index (χ0n) is 14.1. The van der Waals surface area contributed by atoms with Gasteiger partial charge in [-0.1, -0.05) is 6.92 Å². The first-order valence-corrected chi connectivity index (χ1v) is 8.97. The van der Waals surface area contributed by atoms with Crippen LogP contribution in [0.3, 0.4) is 0 Å². The molecular weight excluding hydrogens is 314 g/mol. The molecule has 128 valence electrons. The van der Waals surface area contributed by atoms with Crippen LogP contribution in [0.25, 0.3) is 0 Å². The second kappa shape index (κ2) is 8.40. The maximum Gasteiger partial charge on any atom is 0.280 e. The summed E-state index contributed by atoms with van der Waals surface area (Å²) in [4.78, 5) is 31.6. The molecule has 1 unspecified atom stereocenters. The van der Waals surface area contributed by atoms with E-state index in [9.17, 15) is 9.59 Å². The highest BCUT2D eigenvalue weighted by Gasteiger charge is 2.27. The lowest BCUT2D eigenvalue weighted by molar-refractivity contribution is -0.140. The van der Waals surface area contributed by atoms with Crippen LogP contribution in [-0.4, -0.2) is 54.0 Å². The van der Waals surface area contributed by atoms with Crippen molar-refractivity contribution < 1.29 is 14.3 Å². The standard InChI is InChI=1S/C16H25N3O3S/c1-4-8-19(16(21)13-6-5-10-22-13)9-7-17-14(20)15-18-11(2)12(3)23-15/h13H,4-10H2,1-3H3,(H,17,20). The average molecular weight is 339 g/mol. The molecule has 1 aliphatic heterocycles. The van der Waals surface area contributed by atoms with Gasteiger partial charge in [-0.05, 0) is 33.1 Å². The number of rotatable bonds is 7. The molecule has 1 fully saturated rings. The molecule has 1 aromatic rings. The second-order valence-corrected chi connectivity index (χ2v) is 6.95. The van der Waals surface area contributed by atoms with Crippen LogP contribution >= 0.6 is 11.3 Å². The lowest BCUT2D eigenvalue weighted by Crippen LogP contribution is -2.43. The molecule has 2 amide bonds. The number of nitrogens with one attached hydrogen (secondary N) is 1. The normalized spacial score (nSPS) is 17.3. The number of hydrogen-bond acceptors (Lipinski definition) is 5. The Hall–Kier alpha value is -1.47. The Labute approximate surface area is 141 Å². The fourth-order valence-corrected chi connectivity index (χ4v) is 3.36. The Balaban J connectivity index is 1.83. The summed E-state index contributed by atoms with van der Waals surface area (Å²) in [6.45, 7) is 8.16. The number of aryl methyl sites for hydroxylation is 2. The van der Waals surface area contributed by atoms with E-state index in [-0.39, 0.29) is 17.9 Å². The number of amides is 2. The van der Waals surface area contributed by atoms with Gasteiger partial charge in [0.15, 0.2) is 5.01 Å². The van der Waals surface area contributed by atoms with Crippen molar-refractivity contribution in [3.05, 3.63) is 15.6 Å². The molecule has 7 heteroatoms. The Morgan fingerprint density at radius 1 is 1.39 bits per heavy atom. The van der Waals surface area contributed by atoms with Gasteiger partial charge in [-0.25, -0.2) is 4.98 Å². The molecule has 1 atom stereocenters. The van der Waals surface area contributed by atoms with Gasteiger partial charge in [0, 0.05) is 31.1 Å². The zero-order chi connectivity index (χ0) is 16.8. The van der Waals surface area contributed by atoms with Crippen molar-refractivity contribution in [2.24, 2.45) is 0 Å². The summed E-state index contributed by atoms with van der Waals surface area (Å²) in [5, 5.41) is 3.33. The summed E-state index contributed by atoms with van der Waals surface area (Å²) in [7, 11) is 0. The summed E-state index contributed by atoms with van der Waals surface area (Å²) >= 11 is 1.39. The summed E-state index contributed by atoms with van der Waals surface area (Å²) in [6, 6.07) is 0. The van der Waals surface area contributed by atoms with Crippen LogP contribution in [0.1, 0.15) is 46.6 Å². The Kier molecular flexibility index (Phi) is 6.53. The molecule has 1 aromatic heterocycles. The fraction of sp³-hybridized carbons (Fsp3) is 0.688. The van der Waals surface area contributed by atoms with Crippen molar-refractivity contribution in [2.45, 2.75) is 46.1 Å². The van der Waals surface area contributed by atoms with E-state index in [2.05, 4.69) is 10.3 Å². The molecular formula is C16H25N3O3S. The van der Waals surface area contributed by atoms with E-state index in [1.807, 2.05) is 20.8 Å². The van der Waals surface area contributed by atoms with Gasteiger partial charge >= 0.3 is 0 Å². The minimum absolute atomic E-state index is 0.0412. The molecule has 2 rings (SSSR count). The van der Waals surface area contributed by atoms with E-state index in [1.165, 1.54) is 11.3 Å². The van der Waals surface area contributed by atoms with Crippen molar-refractivity contribution in [1.82, 2.24) is 15.2 Å². The van der Waals surface area contributed by atoms with Crippen molar-refractivity contribution in [3.63, 3.8) is 0 Å². The van der Waals surface area contributed by atoms with Crippen LogP contribution in [0.15, 0.2) is 0 Å². The Morgan fingerprint density at radius 3 is 2.74 bits per heavy atom. The fourth-order valence-electron chi connectivity index (χ4n) is 2.53. The molecule has 0 bridgehead atoms. The van der Waals surface area contributed by atoms with Gasteiger partial charge in [-0.15, -0.1) is 11.3 Å². The van der Waals surface area contributed by atoms with Crippen LogP contribution in [0.5, 0.6) is 0 Å². The minimum atomic E-state index is -0.304. The van der Waals surface area contributed by atoms with E-state index >= 15 is 0 Å². The first kappa shape index (κ1) is 17.9. The van der Waals surface area contributed by atoms with Gasteiger partial charge in [0.2, 0.25) is 0 Å². The number of carbonyl (C=O) groups excluding carboxylic acids is 2. The molecule has 0 aromatic carbocycles. The molecule has 0 radical (unpaired) electrons. The molecule has 6 nitrogen and oxygen atoms in total. The van der Waals surface area contributed by atoms with Crippen molar-refractivity contribution in [3.8, 4) is 0 Å². The predicted molar refractivity (Wildman–Crippen MR) is 89.8 cm³/mol. The van der Waals surface area contributed by atoms with E-state index in [0.717, 1.165) is 29.8 Å². The van der Waals surface area contributed by atoms with Gasteiger partial charge in [0.05, 0.1) is 5.69 Å². The van der Waals surface area contributed by atoms with Crippen LogP contribution < -0.4 is 5.32 Å². The van der Waals surface area contributed by atoms with Gasteiger partial charge < -0.3 is 15.0 Å². The Morgan fingerprint density at radius 2 is 2.17 bits per heavy atom. The number of carbonyl (C=O) groups is 2. The van der Waals surface area contributed by atoms with Crippen LogP contribution in [-0.2, 0) is 9.53 Å². The zero-order valence-corrected chi connectivity index (χ0v) is 14.9. The van der Waals surface area contributed by atoms with Crippen LogP contribution in [0, 0.1) is 13.8 Å². The maximum atomic E-state index is 12.4. The third-order valence-corrected chi connectivity index (χ3v) is 4.97. The van der Waals surface area contributed by atoms with E-state index in [4.69, 9.17) is 4.74 Å². The molecule has 23 heavy (non-hydrogen) atoms. The van der Waals surface area contributed by atoms with Gasteiger partial charge in [0.25, 0.3) is 11.8 Å². The smallest absolute Gasteiger partial charge is 0.280 e. The lowest BCUT2D eigenvalue weighted by Gasteiger charge is -2.24. The Bertz CT molecular complexity index is 533. The van der Waals surface area contributed by atoms with Crippen molar-refractivity contribution >= 4 is 23.2 Å². The maximum absolute atomic E-state index is 12.4. The van der Waals surface area contributed by atoms with Gasteiger partial charge in [-0.2, -0.15) is 0 Å². The average Bonchev–Trinajstić information content (AvgIpc) is 3.16. The van der Waals surface area contributed by atoms with Gasteiger partial charge in [0.1, 0.15) is 6.10 Å². The molecule has 0 saturated carbocycles. The van der Waals surface area contributed by atoms with E-state index < -0.39 is 0 Å². The number of hydrogen-bond donors (Lipinski definition) is 1. The molecule has 1 aliphatic rings. The highest BCUT2D eigenvalue weighted by Crippen LogP contribution is 2.16. The molecule has 2 heterocycles. The van der Waals surface area contributed by atoms with E-state index in [0.29, 0.717) is 31.2 Å². The monoisotopic (exact) mass is 339 g/mol. The second-order valence-electron chi connectivity index (χ2n) is 5.74. The number of ether oxygens (including phenoxy) is 1. The third kappa shape index (κ3) is 4.75. The van der Waals surface area contributed by atoms with Crippen LogP contribution in [0.2, 0.25) is 0 Å². The quantitative estimate of drug-likeness (QED) is 0.824. The highest BCUT2D eigenvalue weighted by atomic mass is 32.1. The molecule has 0 spiro atoms. The van der Waals surface area contributed by atoms with Crippen molar-refractivity contribution in [1.29, 1.82) is 0 Å².